The van der Waals surface area contributed by atoms with Crippen molar-refractivity contribution < 1.29 is 14.6 Å². The lowest BCUT2D eigenvalue weighted by atomic mass is 9.98. The van der Waals surface area contributed by atoms with Crippen LogP contribution in [0.5, 0.6) is 0 Å². The van der Waals surface area contributed by atoms with Crippen LogP contribution in [-0.2, 0) is 4.74 Å². The number of aliphatic hydroxyl groups excluding tert-OH is 1. The van der Waals surface area contributed by atoms with E-state index in [1.807, 2.05) is 22.9 Å². The van der Waals surface area contributed by atoms with Crippen LogP contribution in [0, 0.1) is 5.92 Å². The molecule has 0 bridgehead atoms. The number of nitrogens with zero attached hydrogens (tertiary/aromatic N) is 3. The van der Waals surface area contributed by atoms with Gasteiger partial charge in [0.2, 0.25) is 0 Å². The van der Waals surface area contributed by atoms with Crippen molar-refractivity contribution in [3.8, 4) is 0 Å². The monoisotopic (exact) mass is 307 g/mol. The highest BCUT2D eigenvalue weighted by atomic mass is 16.5. The van der Waals surface area contributed by atoms with Gasteiger partial charge in [-0.2, -0.15) is 0 Å². The largest absolute Gasteiger partial charge is 0.395 e. The number of pyridine rings is 1. The summed E-state index contributed by atoms with van der Waals surface area (Å²) in [5.41, 5.74) is 0.610. The van der Waals surface area contributed by atoms with E-state index in [4.69, 9.17) is 9.84 Å². The third-order valence-corrected chi connectivity index (χ3v) is 4.03. The van der Waals surface area contributed by atoms with Crippen molar-refractivity contribution >= 4 is 11.7 Å². The van der Waals surface area contributed by atoms with Crippen LogP contribution in [0.25, 0.3) is 0 Å². The maximum atomic E-state index is 12.5. The maximum Gasteiger partial charge on any atom is 0.255 e. The summed E-state index contributed by atoms with van der Waals surface area (Å²) in [4.78, 5) is 20.6. The number of aromatic nitrogens is 1. The number of methoxy groups -OCH3 is 1. The maximum absolute atomic E-state index is 12.5. The number of rotatable bonds is 6. The zero-order valence-corrected chi connectivity index (χ0v) is 13.4. The zero-order valence-electron chi connectivity index (χ0n) is 13.4. The number of ether oxygens (including phenoxy) is 1. The van der Waals surface area contributed by atoms with E-state index in [-0.39, 0.29) is 12.5 Å². The Bertz CT molecular complexity index is 476. The first-order valence-electron chi connectivity index (χ1n) is 7.72. The van der Waals surface area contributed by atoms with Crippen LogP contribution in [-0.4, -0.2) is 67.9 Å². The molecule has 1 fully saturated rings. The van der Waals surface area contributed by atoms with Crippen molar-refractivity contribution in [1.29, 1.82) is 0 Å². The molecule has 122 valence electrons. The Labute approximate surface area is 131 Å². The molecule has 1 atom stereocenters. The van der Waals surface area contributed by atoms with E-state index in [1.54, 1.807) is 19.4 Å². The lowest BCUT2D eigenvalue weighted by Crippen LogP contribution is -2.41. The molecule has 0 spiro atoms. The number of aliphatic hydroxyl groups is 1. The summed E-state index contributed by atoms with van der Waals surface area (Å²) < 4.78 is 5.20. The van der Waals surface area contributed by atoms with Crippen LogP contribution in [0.1, 0.15) is 23.2 Å². The number of carbonyl (C=O) groups excluding carboxylic acids is 1. The lowest BCUT2D eigenvalue weighted by Gasteiger charge is -2.32. The normalized spacial score (nSPS) is 18.3. The molecule has 2 rings (SSSR count). The second kappa shape index (κ2) is 8.10. The van der Waals surface area contributed by atoms with Gasteiger partial charge in [0, 0.05) is 40.0 Å². The smallest absolute Gasteiger partial charge is 0.255 e. The molecule has 0 radical (unpaired) electrons. The number of hydrogen-bond acceptors (Lipinski definition) is 5. The van der Waals surface area contributed by atoms with Crippen LogP contribution >= 0.6 is 0 Å². The highest BCUT2D eigenvalue weighted by molar-refractivity contribution is 5.94. The van der Waals surface area contributed by atoms with Crippen LogP contribution < -0.4 is 4.90 Å². The number of hydrogen-bond donors (Lipinski definition) is 1. The van der Waals surface area contributed by atoms with E-state index in [9.17, 15) is 4.79 Å². The van der Waals surface area contributed by atoms with E-state index in [2.05, 4.69) is 4.98 Å². The first kappa shape index (κ1) is 16.7. The number of amides is 1. The van der Waals surface area contributed by atoms with Gasteiger partial charge in [-0.25, -0.2) is 4.98 Å². The van der Waals surface area contributed by atoms with Gasteiger partial charge in [0.25, 0.3) is 5.91 Å². The topological polar surface area (TPSA) is 65.9 Å². The summed E-state index contributed by atoms with van der Waals surface area (Å²) in [6.45, 7) is 2.84. The molecule has 0 aromatic carbocycles. The molecule has 1 aliphatic rings. The summed E-state index contributed by atoms with van der Waals surface area (Å²) in [7, 11) is 3.56. The van der Waals surface area contributed by atoms with Gasteiger partial charge in [-0.15, -0.1) is 0 Å². The molecule has 1 saturated heterocycles. The van der Waals surface area contributed by atoms with E-state index >= 15 is 0 Å². The van der Waals surface area contributed by atoms with E-state index < -0.39 is 0 Å². The molecule has 0 unspecified atom stereocenters. The molecule has 1 aromatic heterocycles. The van der Waals surface area contributed by atoms with E-state index in [0.29, 0.717) is 24.6 Å². The fourth-order valence-electron chi connectivity index (χ4n) is 2.81. The van der Waals surface area contributed by atoms with Crippen molar-refractivity contribution in [3.05, 3.63) is 23.9 Å². The van der Waals surface area contributed by atoms with Gasteiger partial charge < -0.3 is 19.6 Å². The highest BCUT2D eigenvalue weighted by Gasteiger charge is 2.24. The van der Waals surface area contributed by atoms with Gasteiger partial charge in [0.1, 0.15) is 5.82 Å². The summed E-state index contributed by atoms with van der Waals surface area (Å²) in [5.74, 6) is 1.21. The van der Waals surface area contributed by atoms with Gasteiger partial charge >= 0.3 is 0 Å². The van der Waals surface area contributed by atoms with Crippen LogP contribution in [0.2, 0.25) is 0 Å². The second-order valence-electron chi connectivity index (χ2n) is 5.76. The zero-order chi connectivity index (χ0) is 15.9. The minimum absolute atomic E-state index is 0.0321. The minimum Gasteiger partial charge on any atom is -0.395 e. The summed E-state index contributed by atoms with van der Waals surface area (Å²) in [5, 5.41) is 8.94. The molecule has 6 nitrogen and oxygen atoms in total. The highest BCUT2D eigenvalue weighted by Crippen LogP contribution is 2.19. The molecule has 0 saturated carbocycles. The Morgan fingerprint density at radius 3 is 3.00 bits per heavy atom. The van der Waals surface area contributed by atoms with E-state index in [1.165, 1.54) is 0 Å². The van der Waals surface area contributed by atoms with Crippen molar-refractivity contribution in [1.82, 2.24) is 9.88 Å². The SMILES string of the molecule is COC[C@H]1CCCN(C(=O)c2ccc(N(C)CCO)nc2)C1. The molecule has 1 aliphatic heterocycles. The van der Waals surface area contributed by atoms with Crippen LogP contribution in [0.4, 0.5) is 5.82 Å². The standard InChI is InChI=1S/C16H25N3O3/c1-18(8-9-20)15-6-5-14(10-17-15)16(21)19-7-3-4-13(11-19)12-22-2/h5-6,10,13,20H,3-4,7-9,11-12H2,1-2H3/t13-/m0/s1. The van der Waals surface area contributed by atoms with Crippen LogP contribution in [0.3, 0.4) is 0 Å². The van der Waals surface area contributed by atoms with Gasteiger partial charge in [-0.05, 0) is 30.9 Å². The molecule has 1 amide bonds. The van der Waals surface area contributed by atoms with Gasteiger partial charge in [-0.1, -0.05) is 0 Å². The first-order chi connectivity index (χ1) is 10.7. The molecular weight excluding hydrogens is 282 g/mol. The summed E-state index contributed by atoms with van der Waals surface area (Å²) in [6.07, 6.45) is 3.75. The average Bonchev–Trinajstić information content (AvgIpc) is 2.55. The van der Waals surface area contributed by atoms with Gasteiger partial charge in [-0.3, -0.25) is 4.79 Å². The van der Waals surface area contributed by atoms with E-state index in [0.717, 1.165) is 31.7 Å². The Morgan fingerprint density at radius 1 is 1.55 bits per heavy atom. The van der Waals surface area contributed by atoms with Crippen molar-refractivity contribution in [2.75, 3.05) is 51.9 Å². The molecule has 6 heteroatoms. The summed E-state index contributed by atoms with van der Waals surface area (Å²) >= 11 is 0. The second-order valence-corrected chi connectivity index (χ2v) is 5.76. The Kier molecular flexibility index (Phi) is 6.15. The Hall–Kier alpha value is -1.66. The number of likely N-dealkylation sites (N-methyl/N-ethyl adjacent to an activating group) is 1. The Balaban J connectivity index is 2.00. The average molecular weight is 307 g/mol. The minimum atomic E-state index is 0.0321. The number of carbonyl (C=O) groups is 1. The predicted octanol–water partition coefficient (Wildman–Crippen LogP) is 1.01. The first-order valence-corrected chi connectivity index (χ1v) is 7.72. The number of piperidine rings is 1. The molecule has 0 aliphatic carbocycles. The third kappa shape index (κ3) is 4.18. The van der Waals surface area contributed by atoms with Crippen molar-refractivity contribution in [2.45, 2.75) is 12.8 Å². The molecule has 22 heavy (non-hydrogen) atoms. The molecule has 1 N–H and O–H groups in total. The number of likely N-dealkylation sites (tertiary alicyclic amines) is 1. The molecular formula is C16H25N3O3. The fourth-order valence-corrected chi connectivity index (χ4v) is 2.81. The molecule has 2 heterocycles. The van der Waals surface area contributed by atoms with Gasteiger partial charge in [0.05, 0.1) is 18.8 Å². The lowest BCUT2D eigenvalue weighted by molar-refractivity contribution is 0.0570. The predicted molar refractivity (Wildman–Crippen MR) is 85.1 cm³/mol. The van der Waals surface area contributed by atoms with Crippen molar-refractivity contribution in [2.24, 2.45) is 5.92 Å². The van der Waals surface area contributed by atoms with Crippen molar-refractivity contribution in [3.63, 3.8) is 0 Å². The third-order valence-electron chi connectivity index (χ3n) is 4.03. The number of anilines is 1. The molecule has 1 aromatic rings. The quantitative estimate of drug-likeness (QED) is 0.849. The van der Waals surface area contributed by atoms with Gasteiger partial charge in [0.15, 0.2) is 0 Å². The fraction of sp³-hybridized carbons (Fsp3) is 0.625. The summed E-state index contributed by atoms with van der Waals surface area (Å²) in [6, 6.07) is 3.62. The Morgan fingerprint density at radius 2 is 2.36 bits per heavy atom. The van der Waals surface area contributed by atoms with Crippen LogP contribution in [0.15, 0.2) is 18.3 Å².